The molecule has 1 aromatic heterocycles. The predicted molar refractivity (Wildman–Crippen MR) is 72.8 cm³/mol. The van der Waals surface area contributed by atoms with Crippen LogP contribution < -0.4 is 9.47 Å². The van der Waals surface area contributed by atoms with E-state index < -0.39 is 0 Å². The SMILES string of the molecule is Cc1nnc(SC[C@@H]2COc3ccccc3O2)n1C. The van der Waals surface area contributed by atoms with Crippen molar-refractivity contribution in [1.82, 2.24) is 14.8 Å². The van der Waals surface area contributed by atoms with Gasteiger partial charge < -0.3 is 14.0 Å². The van der Waals surface area contributed by atoms with Gasteiger partial charge in [0, 0.05) is 12.8 Å². The molecule has 1 aliphatic rings. The van der Waals surface area contributed by atoms with Gasteiger partial charge in [0.05, 0.1) is 0 Å². The van der Waals surface area contributed by atoms with E-state index in [-0.39, 0.29) is 6.10 Å². The Hall–Kier alpha value is -1.69. The van der Waals surface area contributed by atoms with Gasteiger partial charge in [-0.25, -0.2) is 0 Å². The highest BCUT2D eigenvalue weighted by atomic mass is 32.2. The number of fused-ring (bicyclic) bond motifs is 1. The van der Waals surface area contributed by atoms with Crippen molar-refractivity contribution in [2.45, 2.75) is 18.2 Å². The monoisotopic (exact) mass is 277 g/mol. The Labute approximate surface area is 115 Å². The molecule has 3 rings (SSSR count). The average Bonchev–Trinajstić information content (AvgIpc) is 2.76. The fourth-order valence-corrected chi connectivity index (χ4v) is 2.75. The summed E-state index contributed by atoms with van der Waals surface area (Å²) in [6.07, 6.45) is 0.0388. The van der Waals surface area contributed by atoms with E-state index in [9.17, 15) is 0 Å². The topological polar surface area (TPSA) is 49.2 Å². The Morgan fingerprint density at radius 1 is 1.32 bits per heavy atom. The van der Waals surface area contributed by atoms with Crippen LogP contribution in [0.1, 0.15) is 5.82 Å². The minimum absolute atomic E-state index is 0.0388. The molecule has 0 saturated heterocycles. The number of aryl methyl sites for hydroxylation is 1. The Balaban J connectivity index is 1.62. The fraction of sp³-hybridized carbons (Fsp3) is 0.385. The van der Waals surface area contributed by atoms with Crippen LogP contribution in [-0.2, 0) is 7.05 Å². The van der Waals surface area contributed by atoms with Crippen LogP contribution in [0.15, 0.2) is 29.4 Å². The van der Waals surface area contributed by atoms with Crippen LogP contribution in [0.4, 0.5) is 0 Å². The van der Waals surface area contributed by atoms with Crippen molar-refractivity contribution in [3.05, 3.63) is 30.1 Å². The number of hydrogen-bond acceptors (Lipinski definition) is 5. The number of benzene rings is 1. The van der Waals surface area contributed by atoms with Crippen molar-refractivity contribution in [3.63, 3.8) is 0 Å². The van der Waals surface area contributed by atoms with Gasteiger partial charge in [0.1, 0.15) is 18.5 Å². The molecule has 0 fully saturated rings. The lowest BCUT2D eigenvalue weighted by Crippen LogP contribution is -2.31. The third-order valence-corrected chi connectivity index (χ3v) is 4.17. The minimum Gasteiger partial charge on any atom is -0.486 e. The van der Waals surface area contributed by atoms with Gasteiger partial charge >= 0.3 is 0 Å². The van der Waals surface area contributed by atoms with Crippen LogP contribution in [-0.4, -0.2) is 33.2 Å². The Morgan fingerprint density at radius 3 is 2.84 bits per heavy atom. The van der Waals surface area contributed by atoms with Gasteiger partial charge in [-0.15, -0.1) is 10.2 Å². The van der Waals surface area contributed by atoms with E-state index in [1.54, 1.807) is 11.8 Å². The van der Waals surface area contributed by atoms with E-state index in [4.69, 9.17) is 9.47 Å². The molecule has 0 unspecified atom stereocenters. The zero-order valence-electron chi connectivity index (χ0n) is 10.9. The first-order valence-corrected chi connectivity index (χ1v) is 7.10. The predicted octanol–water partition coefficient (Wildman–Crippen LogP) is 2.06. The van der Waals surface area contributed by atoms with E-state index in [0.717, 1.165) is 28.2 Å². The molecule has 2 heterocycles. The maximum atomic E-state index is 5.90. The van der Waals surface area contributed by atoms with Gasteiger partial charge in [-0.2, -0.15) is 0 Å². The van der Waals surface area contributed by atoms with Crippen molar-refractivity contribution < 1.29 is 9.47 Å². The number of para-hydroxylation sites is 2. The van der Waals surface area contributed by atoms with Crippen molar-refractivity contribution in [2.75, 3.05) is 12.4 Å². The van der Waals surface area contributed by atoms with E-state index in [1.807, 2.05) is 42.8 Å². The van der Waals surface area contributed by atoms with Crippen molar-refractivity contribution in [2.24, 2.45) is 7.05 Å². The summed E-state index contributed by atoms with van der Waals surface area (Å²) in [7, 11) is 1.96. The average molecular weight is 277 g/mol. The molecule has 1 aromatic carbocycles. The van der Waals surface area contributed by atoms with Crippen LogP contribution in [0.3, 0.4) is 0 Å². The number of ether oxygens (including phenoxy) is 2. The third-order valence-electron chi connectivity index (χ3n) is 3.02. The molecule has 19 heavy (non-hydrogen) atoms. The first kappa shape index (κ1) is 12.3. The second-order valence-electron chi connectivity index (χ2n) is 4.40. The summed E-state index contributed by atoms with van der Waals surface area (Å²) in [5, 5.41) is 9.06. The van der Waals surface area contributed by atoms with Gasteiger partial charge in [0.2, 0.25) is 0 Å². The van der Waals surface area contributed by atoms with Crippen molar-refractivity contribution in [3.8, 4) is 11.5 Å². The lowest BCUT2D eigenvalue weighted by molar-refractivity contribution is 0.107. The van der Waals surface area contributed by atoms with Crippen LogP contribution in [0, 0.1) is 6.92 Å². The largest absolute Gasteiger partial charge is 0.486 e. The summed E-state index contributed by atoms with van der Waals surface area (Å²) < 4.78 is 13.6. The molecule has 0 spiro atoms. The van der Waals surface area contributed by atoms with Crippen molar-refractivity contribution >= 4 is 11.8 Å². The zero-order chi connectivity index (χ0) is 13.2. The highest BCUT2D eigenvalue weighted by Crippen LogP contribution is 2.32. The molecule has 2 aromatic rings. The molecule has 5 nitrogen and oxygen atoms in total. The van der Waals surface area contributed by atoms with Crippen molar-refractivity contribution in [1.29, 1.82) is 0 Å². The molecule has 100 valence electrons. The molecule has 0 saturated carbocycles. The molecule has 0 bridgehead atoms. The van der Waals surface area contributed by atoms with Gasteiger partial charge in [-0.3, -0.25) is 0 Å². The first-order valence-electron chi connectivity index (χ1n) is 6.11. The maximum absolute atomic E-state index is 5.90. The first-order chi connectivity index (χ1) is 9.24. The molecule has 0 amide bonds. The molecular weight excluding hydrogens is 262 g/mol. The summed E-state index contributed by atoms with van der Waals surface area (Å²) in [6, 6.07) is 7.74. The summed E-state index contributed by atoms with van der Waals surface area (Å²) in [4.78, 5) is 0. The van der Waals surface area contributed by atoms with Crippen LogP contribution in [0.25, 0.3) is 0 Å². The Bertz CT molecular complexity index is 585. The zero-order valence-corrected chi connectivity index (χ0v) is 11.7. The summed E-state index contributed by atoms with van der Waals surface area (Å²) in [5.74, 6) is 3.33. The minimum atomic E-state index is 0.0388. The van der Waals surface area contributed by atoms with E-state index in [2.05, 4.69) is 10.2 Å². The molecule has 6 heteroatoms. The number of thioether (sulfide) groups is 1. The molecular formula is C13H15N3O2S. The molecule has 1 atom stereocenters. The number of nitrogens with zero attached hydrogens (tertiary/aromatic N) is 3. The summed E-state index contributed by atoms with van der Waals surface area (Å²) in [6.45, 7) is 2.51. The molecule has 0 N–H and O–H groups in total. The molecule has 0 aliphatic carbocycles. The highest BCUT2D eigenvalue weighted by Gasteiger charge is 2.21. The van der Waals surface area contributed by atoms with E-state index >= 15 is 0 Å². The van der Waals surface area contributed by atoms with E-state index in [0.29, 0.717) is 6.61 Å². The second-order valence-corrected chi connectivity index (χ2v) is 5.38. The maximum Gasteiger partial charge on any atom is 0.191 e. The Morgan fingerprint density at radius 2 is 2.11 bits per heavy atom. The van der Waals surface area contributed by atoms with Crippen LogP contribution in [0.5, 0.6) is 11.5 Å². The molecule has 0 radical (unpaired) electrons. The quantitative estimate of drug-likeness (QED) is 0.804. The standard InChI is InChI=1S/C13H15N3O2S/c1-9-14-15-13(16(9)2)19-8-10-7-17-11-5-3-4-6-12(11)18-10/h3-6,10H,7-8H2,1-2H3/t10-/m0/s1. The lowest BCUT2D eigenvalue weighted by Gasteiger charge is -2.25. The Kier molecular flexibility index (Phi) is 3.33. The third kappa shape index (κ3) is 2.53. The number of aromatic nitrogens is 3. The second kappa shape index (κ2) is 5.13. The lowest BCUT2D eigenvalue weighted by atomic mass is 10.3. The summed E-state index contributed by atoms with van der Waals surface area (Å²) in [5.41, 5.74) is 0. The van der Waals surface area contributed by atoms with Gasteiger partial charge in [0.25, 0.3) is 0 Å². The smallest absolute Gasteiger partial charge is 0.191 e. The number of hydrogen-bond donors (Lipinski definition) is 0. The van der Waals surface area contributed by atoms with E-state index in [1.165, 1.54) is 0 Å². The summed E-state index contributed by atoms with van der Waals surface area (Å²) >= 11 is 1.63. The fourth-order valence-electron chi connectivity index (χ4n) is 1.83. The van der Waals surface area contributed by atoms with Gasteiger partial charge in [-0.1, -0.05) is 23.9 Å². The van der Waals surface area contributed by atoms with Gasteiger partial charge in [0.15, 0.2) is 16.7 Å². The highest BCUT2D eigenvalue weighted by molar-refractivity contribution is 7.99. The number of rotatable bonds is 3. The van der Waals surface area contributed by atoms with Gasteiger partial charge in [-0.05, 0) is 19.1 Å². The normalized spacial score (nSPS) is 17.5. The van der Waals surface area contributed by atoms with Crippen LogP contribution in [0.2, 0.25) is 0 Å². The van der Waals surface area contributed by atoms with Crippen LogP contribution >= 0.6 is 11.8 Å². The molecule has 1 aliphatic heterocycles.